The number of hydrogen-bond acceptors (Lipinski definition) is 18. The molecular formula is C46H48N12O8S2. The Hall–Kier alpha value is -7.02. The highest BCUT2D eigenvalue weighted by Gasteiger charge is 2.29. The van der Waals surface area contributed by atoms with Gasteiger partial charge in [0.15, 0.2) is 0 Å². The van der Waals surface area contributed by atoms with E-state index in [0.29, 0.717) is 77.1 Å². The van der Waals surface area contributed by atoms with Crippen molar-refractivity contribution in [2.24, 2.45) is 0 Å². The molecule has 20 nitrogen and oxygen atoms in total. The third kappa shape index (κ3) is 11.7. The number of para-hydroxylation sites is 2. The minimum absolute atomic E-state index is 0.00582. The van der Waals surface area contributed by atoms with Crippen LogP contribution in [-0.2, 0) is 42.6 Å². The van der Waals surface area contributed by atoms with Gasteiger partial charge in [0.05, 0.1) is 37.8 Å². The van der Waals surface area contributed by atoms with Crippen LogP contribution in [-0.4, -0.2) is 118 Å². The number of ether oxygens (including phenoxy) is 2. The number of allylic oxidation sites excluding steroid dienone is 2. The molecule has 0 saturated carbocycles. The third-order valence-electron chi connectivity index (χ3n) is 10.5. The molecule has 2 saturated heterocycles. The Bertz CT molecular complexity index is 2810. The van der Waals surface area contributed by atoms with Gasteiger partial charge in [-0.3, -0.25) is 9.11 Å². The minimum Gasteiger partial charge on any atom is -0.379 e. The number of hydrazine groups is 2. The van der Waals surface area contributed by atoms with Crippen LogP contribution in [0.25, 0.3) is 12.2 Å². The first-order chi connectivity index (χ1) is 32.9. The molecule has 0 spiro atoms. The molecule has 2 aromatic heterocycles. The van der Waals surface area contributed by atoms with Crippen molar-refractivity contribution in [1.82, 2.24) is 39.9 Å². The van der Waals surface area contributed by atoms with E-state index < -0.39 is 30.0 Å². The van der Waals surface area contributed by atoms with Gasteiger partial charge in [0.25, 0.3) is 20.2 Å². The summed E-state index contributed by atoms with van der Waals surface area (Å²) in [5.74, 6) is 1.55. The Morgan fingerprint density at radius 3 is 1.29 bits per heavy atom. The lowest BCUT2D eigenvalue weighted by Gasteiger charge is -2.37. The van der Waals surface area contributed by atoms with Gasteiger partial charge in [-0.15, -0.1) is 13.2 Å². The Morgan fingerprint density at radius 1 is 0.559 bits per heavy atom. The largest absolute Gasteiger partial charge is 0.379 e. The van der Waals surface area contributed by atoms with Crippen molar-refractivity contribution in [3.05, 3.63) is 145 Å². The van der Waals surface area contributed by atoms with Crippen molar-refractivity contribution >= 4 is 78.9 Å². The van der Waals surface area contributed by atoms with E-state index in [-0.39, 0.29) is 46.3 Å². The molecule has 4 aromatic carbocycles. The van der Waals surface area contributed by atoms with E-state index in [9.17, 15) is 25.9 Å². The van der Waals surface area contributed by atoms with Crippen molar-refractivity contribution in [3.63, 3.8) is 0 Å². The van der Waals surface area contributed by atoms with Crippen molar-refractivity contribution in [3.8, 4) is 0 Å². The Labute approximate surface area is 393 Å². The molecule has 2 fully saturated rings. The van der Waals surface area contributed by atoms with Gasteiger partial charge in [0, 0.05) is 50.4 Å². The summed E-state index contributed by atoms with van der Waals surface area (Å²) >= 11 is 0. The molecule has 0 amide bonds. The van der Waals surface area contributed by atoms with Gasteiger partial charge in [0.1, 0.15) is 21.4 Å². The molecular weight excluding hydrogens is 913 g/mol. The van der Waals surface area contributed by atoms with Crippen LogP contribution < -0.4 is 20.7 Å². The standard InChI is InChI=1S/C46H48N12O8S2/c1-3-11-41-49-43(47-35-13-7-5-8-14-35)53-45(51-41)57(55-23-27-65-28-24-55)37-21-19-33(39(31-37)67(59,60)61)17-18-34-20-22-38(32-40(34)68(62,63)64)58(56-25-29-66-30-26-56)46-52-42(12-4-2)50-44(54-46)48-36-15-9-6-10-16-36/h3-10,13-22,31-32H,1-2,11-12,23-30H2,(H,59,60,61)(H,62,63,64)(H,47,49,51,53)(H,48,50,52,54). The molecule has 4 heterocycles. The van der Waals surface area contributed by atoms with E-state index in [1.165, 1.54) is 36.4 Å². The number of rotatable bonds is 18. The third-order valence-corrected chi connectivity index (χ3v) is 12.3. The Kier molecular flexibility index (Phi) is 14.9. The second-order valence-corrected chi connectivity index (χ2v) is 18.0. The summed E-state index contributed by atoms with van der Waals surface area (Å²) < 4.78 is 85.4. The second-order valence-electron chi connectivity index (χ2n) is 15.2. The van der Waals surface area contributed by atoms with E-state index in [0.717, 1.165) is 11.4 Å². The molecule has 0 radical (unpaired) electrons. The zero-order valence-electron chi connectivity index (χ0n) is 36.7. The molecule has 8 rings (SSSR count). The maximum Gasteiger partial charge on any atom is 0.295 e. The van der Waals surface area contributed by atoms with Gasteiger partial charge in [-0.05, 0) is 59.7 Å². The first kappa shape index (κ1) is 47.5. The van der Waals surface area contributed by atoms with Crippen LogP contribution in [0.15, 0.2) is 132 Å². The molecule has 0 unspecified atom stereocenters. The highest BCUT2D eigenvalue weighted by atomic mass is 32.2. The van der Waals surface area contributed by atoms with E-state index in [1.807, 2.05) is 70.7 Å². The maximum atomic E-state index is 13.2. The number of anilines is 8. The smallest absolute Gasteiger partial charge is 0.295 e. The predicted octanol–water partition coefficient (Wildman–Crippen LogP) is 6.44. The lowest BCUT2D eigenvalue weighted by atomic mass is 10.1. The quantitative estimate of drug-likeness (QED) is 0.0412. The second kappa shape index (κ2) is 21.3. The number of hydrogen-bond donors (Lipinski definition) is 4. The van der Waals surface area contributed by atoms with Gasteiger partial charge in [-0.25, -0.2) is 20.0 Å². The van der Waals surface area contributed by atoms with Crippen LogP contribution in [0.5, 0.6) is 0 Å². The fraction of sp³-hybridized carbons (Fsp3) is 0.217. The SMILES string of the molecule is C=CCc1nc(Nc2ccccc2)nc(N(c2ccc(C=Cc3ccc(N(c4nc(CC=C)nc(Nc5ccccc5)n4)N4CCOCC4)cc3S(=O)(=O)O)c(S(=O)(=O)O)c2)N2CCOCC2)n1. The van der Waals surface area contributed by atoms with E-state index in [2.05, 4.69) is 33.8 Å². The summed E-state index contributed by atoms with van der Waals surface area (Å²) in [5, 5.41) is 13.4. The fourth-order valence-corrected chi connectivity index (χ4v) is 8.79. The average Bonchev–Trinajstić information content (AvgIpc) is 3.32. The van der Waals surface area contributed by atoms with E-state index in [1.54, 1.807) is 34.3 Å². The maximum absolute atomic E-state index is 13.2. The predicted molar refractivity (Wildman–Crippen MR) is 257 cm³/mol. The number of morpholine rings is 2. The molecule has 2 aliphatic heterocycles. The van der Waals surface area contributed by atoms with E-state index >= 15 is 0 Å². The van der Waals surface area contributed by atoms with Crippen molar-refractivity contribution in [2.45, 2.75) is 22.6 Å². The summed E-state index contributed by atoms with van der Waals surface area (Å²) in [7, 11) is -9.85. The monoisotopic (exact) mass is 960 g/mol. The number of nitrogens with zero attached hydrogens (tertiary/aromatic N) is 10. The highest BCUT2D eigenvalue weighted by Crippen LogP contribution is 2.34. The normalized spacial score (nSPS) is 14.9. The van der Waals surface area contributed by atoms with Gasteiger partial charge < -0.3 is 20.1 Å². The van der Waals surface area contributed by atoms with Crippen LogP contribution >= 0.6 is 0 Å². The molecule has 0 bridgehead atoms. The van der Waals surface area contributed by atoms with E-state index in [4.69, 9.17) is 29.4 Å². The van der Waals surface area contributed by atoms with Crippen LogP contribution in [0.3, 0.4) is 0 Å². The van der Waals surface area contributed by atoms with Gasteiger partial charge in [-0.2, -0.15) is 46.7 Å². The lowest BCUT2D eigenvalue weighted by Crippen LogP contribution is -2.47. The van der Waals surface area contributed by atoms with Gasteiger partial charge >= 0.3 is 0 Å². The van der Waals surface area contributed by atoms with Crippen LogP contribution in [0.2, 0.25) is 0 Å². The summed E-state index contributed by atoms with van der Waals surface area (Å²) in [6.45, 7) is 10.7. The number of nitrogens with one attached hydrogen (secondary N) is 2. The molecule has 0 aliphatic carbocycles. The molecule has 352 valence electrons. The van der Waals surface area contributed by atoms with Crippen LogP contribution in [0.4, 0.5) is 46.5 Å². The molecule has 0 atom stereocenters. The molecule has 68 heavy (non-hydrogen) atoms. The van der Waals surface area contributed by atoms with Crippen molar-refractivity contribution in [2.75, 3.05) is 73.3 Å². The number of aromatic nitrogens is 6. The minimum atomic E-state index is -4.92. The lowest BCUT2D eigenvalue weighted by molar-refractivity contribution is 0.0370. The summed E-state index contributed by atoms with van der Waals surface area (Å²) in [4.78, 5) is 27.0. The first-order valence-corrected chi connectivity index (χ1v) is 24.3. The zero-order chi connectivity index (χ0) is 47.7. The summed E-state index contributed by atoms with van der Waals surface area (Å²) in [6.07, 6.45) is 6.57. The fourth-order valence-electron chi connectivity index (χ4n) is 7.39. The molecule has 6 aromatic rings. The Morgan fingerprint density at radius 2 is 0.941 bits per heavy atom. The van der Waals surface area contributed by atoms with Crippen LogP contribution in [0, 0.1) is 0 Å². The van der Waals surface area contributed by atoms with Crippen molar-refractivity contribution < 1.29 is 35.4 Å². The summed E-state index contributed by atoms with van der Waals surface area (Å²) in [6, 6.07) is 27.3. The van der Waals surface area contributed by atoms with Crippen molar-refractivity contribution in [1.29, 1.82) is 0 Å². The molecule has 22 heteroatoms. The number of benzene rings is 4. The van der Waals surface area contributed by atoms with Gasteiger partial charge in [-0.1, -0.05) is 72.8 Å². The first-order valence-electron chi connectivity index (χ1n) is 21.4. The summed E-state index contributed by atoms with van der Waals surface area (Å²) in [5.41, 5.74) is 2.02. The topological polar surface area (TPSA) is 242 Å². The Balaban J connectivity index is 1.18. The molecule has 2 aliphatic rings. The average molecular weight is 961 g/mol. The zero-order valence-corrected chi connectivity index (χ0v) is 38.3. The van der Waals surface area contributed by atoms with Gasteiger partial charge in [0.2, 0.25) is 23.8 Å². The molecule has 4 N–H and O–H groups in total. The highest BCUT2D eigenvalue weighted by molar-refractivity contribution is 7.86. The van der Waals surface area contributed by atoms with Crippen LogP contribution in [0.1, 0.15) is 22.8 Å².